The Labute approximate surface area is 135 Å². The van der Waals surface area contributed by atoms with Gasteiger partial charge in [0.25, 0.3) is 0 Å². The van der Waals surface area contributed by atoms with Crippen molar-refractivity contribution in [3.63, 3.8) is 0 Å². The number of hydrogen-bond acceptors (Lipinski definition) is 6. The van der Waals surface area contributed by atoms with Crippen LogP contribution in [0.1, 0.15) is 44.4 Å². The lowest BCUT2D eigenvalue weighted by atomic mass is 9.75. The summed E-state index contributed by atoms with van der Waals surface area (Å²) in [4.78, 5) is 11.3. The van der Waals surface area contributed by atoms with Gasteiger partial charge in [-0.05, 0) is 39.0 Å². The number of carbonyl (C=O) groups excluding carboxylic acids is 1. The first-order chi connectivity index (χ1) is 10.7. The molecular formula is C17H20N2O4. The van der Waals surface area contributed by atoms with Gasteiger partial charge in [-0.3, -0.25) is 4.79 Å². The minimum atomic E-state index is -1.24. The molecule has 6 heteroatoms. The van der Waals surface area contributed by atoms with E-state index in [1.54, 1.807) is 25.1 Å². The summed E-state index contributed by atoms with van der Waals surface area (Å²) in [6.45, 7) is 5.61. The molecule has 0 spiro atoms. The van der Waals surface area contributed by atoms with Crippen LogP contribution in [0, 0.1) is 11.3 Å². The van der Waals surface area contributed by atoms with Crippen LogP contribution < -0.4 is 10.1 Å². The van der Waals surface area contributed by atoms with Gasteiger partial charge in [0.1, 0.15) is 23.6 Å². The molecule has 122 valence electrons. The average Bonchev–Trinajstić information content (AvgIpc) is 2.89. The number of esters is 1. The monoisotopic (exact) mass is 316 g/mol. The zero-order valence-electron chi connectivity index (χ0n) is 13.4. The number of nitriles is 1. The second kappa shape index (κ2) is 5.22. The van der Waals surface area contributed by atoms with Crippen molar-refractivity contribution < 1.29 is 19.4 Å². The van der Waals surface area contributed by atoms with Crippen molar-refractivity contribution in [2.24, 2.45) is 0 Å². The van der Waals surface area contributed by atoms with E-state index < -0.39 is 17.2 Å². The summed E-state index contributed by atoms with van der Waals surface area (Å²) < 4.78 is 10.9. The molecule has 1 saturated heterocycles. The molecule has 0 aromatic heterocycles. The van der Waals surface area contributed by atoms with Crippen LogP contribution in [0.25, 0.3) is 0 Å². The number of benzene rings is 1. The molecule has 0 radical (unpaired) electrons. The summed E-state index contributed by atoms with van der Waals surface area (Å²) in [6, 6.07) is 6.60. The van der Waals surface area contributed by atoms with Gasteiger partial charge in [0.15, 0.2) is 0 Å². The van der Waals surface area contributed by atoms with Crippen molar-refractivity contribution >= 4 is 5.97 Å². The van der Waals surface area contributed by atoms with Gasteiger partial charge in [0.05, 0.1) is 30.1 Å². The highest BCUT2D eigenvalue weighted by Gasteiger charge is 2.53. The molecule has 2 heterocycles. The molecule has 0 amide bonds. The van der Waals surface area contributed by atoms with Crippen LogP contribution in [0.2, 0.25) is 0 Å². The molecule has 2 aliphatic heterocycles. The average molecular weight is 316 g/mol. The first kappa shape index (κ1) is 15.8. The van der Waals surface area contributed by atoms with Crippen LogP contribution in [-0.2, 0) is 9.53 Å². The standard InChI is InChI=1S/C17H20N2O4/c1-16(2)17(3,21)15(19-11-7-14(20)22-9-11)12-6-10(8-18)4-5-13(12)23-16/h4-6,11,15,19,21H,7,9H2,1-3H3. The number of nitrogens with zero attached hydrogens (tertiary/aromatic N) is 1. The van der Waals surface area contributed by atoms with Crippen LogP contribution in [0.15, 0.2) is 18.2 Å². The lowest BCUT2D eigenvalue weighted by Crippen LogP contribution is -2.62. The molecule has 23 heavy (non-hydrogen) atoms. The maximum atomic E-state index is 11.3. The van der Waals surface area contributed by atoms with E-state index in [0.717, 1.165) is 0 Å². The van der Waals surface area contributed by atoms with E-state index in [2.05, 4.69) is 11.4 Å². The van der Waals surface area contributed by atoms with Gasteiger partial charge in [0.2, 0.25) is 0 Å². The van der Waals surface area contributed by atoms with Crippen molar-refractivity contribution in [2.45, 2.75) is 50.5 Å². The van der Waals surface area contributed by atoms with Crippen molar-refractivity contribution in [2.75, 3.05) is 6.61 Å². The Morgan fingerprint density at radius 2 is 2.13 bits per heavy atom. The minimum absolute atomic E-state index is 0.175. The highest BCUT2D eigenvalue weighted by atomic mass is 16.5. The Balaban J connectivity index is 2.03. The molecule has 6 nitrogen and oxygen atoms in total. The lowest BCUT2D eigenvalue weighted by molar-refractivity contribution is -0.141. The SMILES string of the molecule is CC1(C)Oc2ccc(C#N)cc2C(NC2COC(=O)C2)C1(C)O. The molecule has 0 aliphatic carbocycles. The van der Waals surface area contributed by atoms with E-state index in [9.17, 15) is 9.90 Å². The van der Waals surface area contributed by atoms with Gasteiger partial charge >= 0.3 is 5.97 Å². The summed E-state index contributed by atoms with van der Waals surface area (Å²) in [5.74, 6) is 0.378. The predicted molar refractivity (Wildman–Crippen MR) is 81.7 cm³/mol. The Hall–Kier alpha value is -2.10. The normalized spacial score (nSPS) is 31.7. The number of ether oxygens (including phenoxy) is 2. The van der Waals surface area contributed by atoms with Crippen molar-refractivity contribution in [1.82, 2.24) is 5.32 Å². The van der Waals surface area contributed by atoms with Gasteiger partial charge in [-0.2, -0.15) is 5.26 Å². The molecule has 3 rings (SSSR count). The fraction of sp³-hybridized carbons (Fsp3) is 0.529. The molecule has 2 aliphatic rings. The number of aliphatic hydroxyl groups is 1. The molecule has 1 fully saturated rings. The van der Waals surface area contributed by atoms with Crippen molar-refractivity contribution in [1.29, 1.82) is 5.26 Å². The first-order valence-corrected chi connectivity index (χ1v) is 7.62. The van der Waals surface area contributed by atoms with Crippen LogP contribution in [0.4, 0.5) is 0 Å². The van der Waals surface area contributed by atoms with Gasteiger partial charge in [-0.25, -0.2) is 0 Å². The van der Waals surface area contributed by atoms with E-state index in [1.807, 2.05) is 13.8 Å². The van der Waals surface area contributed by atoms with Crippen LogP contribution >= 0.6 is 0 Å². The fourth-order valence-electron chi connectivity index (χ4n) is 3.07. The Morgan fingerprint density at radius 1 is 1.39 bits per heavy atom. The summed E-state index contributed by atoms with van der Waals surface area (Å²) >= 11 is 0. The minimum Gasteiger partial charge on any atom is -0.484 e. The van der Waals surface area contributed by atoms with E-state index in [4.69, 9.17) is 14.7 Å². The topological polar surface area (TPSA) is 91.6 Å². The first-order valence-electron chi connectivity index (χ1n) is 7.62. The molecule has 3 atom stereocenters. The molecular weight excluding hydrogens is 296 g/mol. The molecule has 3 unspecified atom stereocenters. The zero-order valence-corrected chi connectivity index (χ0v) is 13.4. The van der Waals surface area contributed by atoms with E-state index in [-0.39, 0.29) is 25.0 Å². The predicted octanol–water partition coefficient (Wildman–Crippen LogP) is 1.43. The highest BCUT2D eigenvalue weighted by molar-refractivity contribution is 5.72. The van der Waals surface area contributed by atoms with Gasteiger partial charge in [0, 0.05) is 5.56 Å². The Bertz CT molecular complexity index is 690. The molecule has 1 aromatic carbocycles. The van der Waals surface area contributed by atoms with Crippen LogP contribution in [0.3, 0.4) is 0 Å². The summed E-state index contributed by atoms with van der Waals surface area (Å²) in [6.07, 6.45) is 0.265. The van der Waals surface area contributed by atoms with Crippen molar-refractivity contribution in [3.05, 3.63) is 29.3 Å². The number of carbonyl (C=O) groups is 1. The Kier molecular flexibility index (Phi) is 3.58. The fourth-order valence-corrected chi connectivity index (χ4v) is 3.07. The molecule has 2 N–H and O–H groups in total. The molecule has 0 saturated carbocycles. The maximum Gasteiger partial charge on any atom is 0.307 e. The van der Waals surface area contributed by atoms with E-state index >= 15 is 0 Å². The lowest BCUT2D eigenvalue weighted by Gasteiger charge is -2.50. The third-order valence-corrected chi connectivity index (χ3v) is 4.86. The third-order valence-electron chi connectivity index (χ3n) is 4.86. The van der Waals surface area contributed by atoms with Gasteiger partial charge in [-0.1, -0.05) is 0 Å². The summed E-state index contributed by atoms with van der Waals surface area (Å²) in [5, 5.41) is 23.6. The van der Waals surface area contributed by atoms with E-state index in [0.29, 0.717) is 16.9 Å². The molecule has 0 bridgehead atoms. The third kappa shape index (κ3) is 2.56. The summed E-state index contributed by atoms with van der Waals surface area (Å²) in [5.41, 5.74) is -0.865. The zero-order chi connectivity index (χ0) is 16.8. The number of fused-ring (bicyclic) bond motifs is 1. The van der Waals surface area contributed by atoms with Gasteiger partial charge in [-0.15, -0.1) is 0 Å². The smallest absolute Gasteiger partial charge is 0.307 e. The van der Waals surface area contributed by atoms with Crippen LogP contribution in [-0.4, -0.2) is 34.9 Å². The Morgan fingerprint density at radius 3 is 2.74 bits per heavy atom. The number of hydrogen-bond donors (Lipinski definition) is 2. The van der Waals surface area contributed by atoms with Gasteiger partial charge < -0.3 is 19.9 Å². The second-order valence-electron chi connectivity index (χ2n) is 6.81. The molecule has 1 aromatic rings. The highest BCUT2D eigenvalue weighted by Crippen LogP contribution is 2.46. The number of rotatable bonds is 2. The quantitative estimate of drug-likeness (QED) is 0.802. The summed E-state index contributed by atoms with van der Waals surface area (Å²) in [7, 11) is 0. The maximum absolute atomic E-state index is 11.3. The van der Waals surface area contributed by atoms with Crippen molar-refractivity contribution in [3.8, 4) is 11.8 Å². The van der Waals surface area contributed by atoms with E-state index in [1.165, 1.54) is 0 Å². The largest absolute Gasteiger partial charge is 0.484 e. The number of cyclic esters (lactones) is 1. The van der Waals surface area contributed by atoms with Crippen LogP contribution in [0.5, 0.6) is 5.75 Å². The number of nitrogens with one attached hydrogen (secondary N) is 1. The second-order valence-corrected chi connectivity index (χ2v) is 6.81.